The first kappa shape index (κ1) is 35.2. The number of rotatable bonds is 10. The van der Waals surface area contributed by atoms with Crippen LogP contribution in [0, 0.1) is 11.3 Å². The molecule has 2 saturated heterocycles. The summed E-state index contributed by atoms with van der Waals surface area (Å²) in [6.07, 6.45) is 9.22. The Morgan fingerprint density at radius 1 is 0.955 bits per heavy atom. The highest BCUT2D eigenvalue weighted by Gasteiger charge is 2.40. The van der Waals surface area contributed by atoms with E-state index in [2.05, 4.69) is 34.4 Å². The first-order valence-electron chi connectivity index (χ1n) is 16.2. The van der Waals surface area contributed by atoms with Crippen molar-refractivity contribution < 1.29 is 19.2 Å². The number of nitrogens with zero attached hydrogens (tertiary/aromatic N) is 4. The zero-order valence-electron chi connectivity index (χ0n) is 28.2. The van der Waals surface area contributed by atoms with Crippen LogP contribution in [0.2, 0.25) is 0 Å². The summed E-state index contributed by atoms with van der Waals surface area (Å²) in [4.78, 5) is 63.9. The summed E-state index contributed by atoms with van der Waals surface area (Å²) in [5.74, 6) is -0.727. The van der Waals surface area contributed by atoms with E-state index in [0.29, 0.717) is 24.2 Å². The van der Waals surface area contributed by atoms with Gasteiger partial charge >= 0.3 is 0 Å². The highest BCUT2D eigenvalue weighted by molar-refractivity contribution is 6.01. The zero-order chi connectivity index (χ0) is 32.8. The number of aromatic nitrogens is 1. The maximum Gasteiger partial charge on any atom is 0.249 e. The van der Waals surface area contributed by atoms with Gasteiger partial charge in [-0.05, 0) is 76.5 Å². The highest BCUT2D eigenvalue weighted by Crippen LogP contribution is 2.27. The van der Waals surface area contributed by atoms with E-state index in [1.165, 1.54) is 0 Å². The van der Waals surface area contributed by atoms with E-state index in [-0.39, 0.29) is 47.7 Å². The number of anilines is 1. The SMILES string of the molecule is C/C(=C\C(C(C)C)N(C)C(=O)C(NC(=O)C1CCCCN1C(C)C)C(C)(C)C)C(=O)N1CCCC1C(=O)Nc1ccncc1. The first-order valence-corrected chi connectivity index (χ1v) is 16.2. The van der Waals surface area contributed by atoms with E-state index >= 15 is 0 Å². The molecule has 0 aromatic carbocycles. The standard InChI is InChI=1S/C34H54N6O4/c1-22(2)28(21-24(5)32(43)40-20-12-14-27(40)30(41)36-25-15-17-35-18-16-25)38(9)33(44)29(34(6,7)8)37-31(42)26-13-10-11-19-39(26)23(3)4/h15-18,21-23,26-29H,10-14,19-20H2,1-9H3,(H,37,42)(H,35,36,41)/b24-21+. The Morgan fingerprint density at radius 2 is 1.59 bits per heavy atom. The molecule has 0 bridgehead atoms. The Balaban J connectivity index is 1.77. The Morgan fingerprint density at radius 3 is 2.18 bits per heavy atom. The lowest BCUT2D eigenvalue weighted by Gasteiger charge is -2.41. The van der Waals surface area contributed by atoms with Crippen LogP contribution in [-0.2, 0) is 19.2 Å². The zero-order valence-corrected chi connectivity index (χ0v) is 28.2. The quantitative estimate of drug-likeness (QED) is 0.383. The Kier molecular flexibility index (Phi) is 12.1. The number of likely N-dealkylation sites (tertiary alicyclic amines) is 2. The van der Waals surface area contributed by atoms with Crippen LogP contribution in [0.4, 0.5) is 5.69 Å². The summed E-state index contributed by atoms with van der Waals surface area (Å²) >= 11 is 0. The molecule has 2 aliphatic heterocycles. The smallest absolute Gasteiger partial charge is 0.249 e. The Bertz CT molecular complexity index is 1190. The van der Waals surface area contributed by atoms with Crippen LogP contribution in [0.25, 0.3) is 0 Å². The minimum atomic E-state index is -0.735. The molecule has 10 nitrogen and oxygen atoms in total. The molecule has 0 aliphatic carbocycles. The van der Waals surface area contributed by atoms with Crippen molar-refractivity contribution in [1.29, 1.82) is 0 Å². The van der Waals surface area contributed by atoms with Gasteiger partial charge in [0, 0.05) is 43.3 Å². The first-order chi connectivity index (χ1) is 20.6. The van der Waals surface area contributed by atoms with Gasteiger partial charge in [-0.2, -0.15) is 0 Å². The molecular weight excluding hydrogens is 556 g/mol. The predicted molar refractivity (Wildman–Crippen MR) is 174 cm³/mol. The van der Waals surface area contributed by atoms with Gasteiger partial charge in [0.2, 0.25) is 23.6 Å². The number of likely N-dealkylation sites (N-methyl/N-ethyl adjacent to an activating group) is 1. The average molecular weight is 611 g/mol. The third-order valence-electron chi connectivity index (χ3n) is 8.91. The molecule has 44 heavy (non-hydrogen) atoms. The lowest BCUT2D eigenvalue weighted by molar-refractivity contribution is -0.142. The number of hydrogen-bond acceptors (Lipinski definition) is 6. The van der Waals surface area contributed by atoms with E-state index in [4.69, 9.17) is 0 Å². The van der Waals surface area contributed by atoms with Crippen molar-refractivity contribution in [1.82, 2.24) is 25.0 Å². The maximum atomic E-state index is 14.1. The molecule has 0 saturated carbocycles. The summed E-state index contributed by atoms with van der Waals surface area (Å²) in [6, 6.07) is 1.73. The second-order valence-electron chi connectivity index (χ2n) is 14.1. The summed E-state index contributed by atoms with van der Waals surface area (Å²) in [6.45, 7) is 17.2. The fourth-order valence-corrected chi connectivity index (χ4v) is 6.34. The van der Waals surface area contributed by atoms with E-state index < -0.39 is 17.5 Å². The van der Waals surface area contributed by atoms with Crippen LogP contribution in [0.5, 0.6) is 0 Å². The number of carbonyl (C=O) groups is 4. The molecule has 0 radical (unpaired) electrons. The molecule has 10 heteroatoms. The summed E-state index contributed by atoms with van der Waals surface area (Å²) in [7, 11) is 1.74. The number of hydrogen-bond donors (Lipinski definition) is 2. The van der Waals surface area contributed by atoms with Gasteiger partial charge in [-0.1, -0.05) is 47.1 Å². The number of carbonyl (C=O) groups excluding carboxylic acids is 4. The molecule has 2 aliphatic rings. The van der Waals surface area contributed by atoms with Crippen LogP contribution in [0.1, 0.15) is 87.5 Å². The lowest BCUT2D eigenvalue weighted by Crippen LogP contribution is -2.60. The molecule has 0 spiro atoms. The van der Waals surface area contributed by atoms with Crippen molar-refractivity contribution in [3.8, 4) is 0 Å². The lowest BCUT2D eigenvalue weighted by atomic mass is 9.84. The van der Waals surface area contributed by atoms with Crippen molar-refractivity contribution in [2.75, 3.05) is 25.5 Å². The second-order valence-corrected chi connectivity index (χ2v) is 14.1. The molecule has 4 atom stereocenters. The molecule has 1 aromatic heterocycles. The average Bonchev–Trinajstić information content (AvgIpc) is 3.47. The van der Waals surface area contributed by atoms with Gasteiger partial charge in [0.1, 0.15) is 12.1 Å². The van der Waals surface area contributed by atoms with Crippen molar-refractivity contribution in [2.45, 2.75) is 118 Å². The van der Waals surface area contributed by atoms with Crippen molar-refractivity contribution in [3.63, 3.8) is 0 Å². The molecule has 4 amide bonds. The van der Waals surface area contributed by atoms with Crippen LogP contribution < -0.4 is 10.6 Å². The van der Waals surface area contributed by atoms with Gasteiger partial charge in [-0.15, -0.1) is 0 Å². The van der Waals surface area contributed by atoms with E-state index in [9.17, 15) is 19.2 Å². The summed E-state index contributed by atoms with van der Waals surface area (Å²) in [5.41, 5.74) is 0.592. The van der Waals surface area contributed by atoms with E-state index in [1.54, 1.807) is 48.3 Å². The van der Waals surface area contributed by atoms with E-state index in [0.717, 1.165) is 32.2 Å². The topological polar surface area (TPSA) is 115 Å². The van der Waals surface area contributed by atoms with Crippen molar-refractivity contribution in [3.05, 3.63) is 36.2 Å². The largest absolute Gasteiger partial charge is 0.342 e. The highest BCUT2D eigenvalue weighted by atomic mass is 16.2. The van der Waals surface area contributed by atoms with Crippen LogP contribution in [-0.4, -0.2) is 93.7 Å². The monoisotopic (exact) mass is 610 g/mol. The molecular formula is C34H54N6O4. The fourth-order valence-electron chi connectivity index (χ4n) is 6.34. The van der Waals surface area contributed by atoms with Crippen LogP contribution in [0.15, 0.2) is 36.2 Å². The number of nitrogens with one attached hydrogen (secondary N) is 2. The molecule has 244 valence electrons. The molecule has 3 heterocycles. The molecule has 2 fully saturated rings. The van der Waals surface area contributed by atoms with Gasteiger partial charge in [0.15, 0.2) is 0 Å². The van der Waals surface area contributed by atoms with Crippen molar-refractivity contribution in [2.24, 2.45) is 11.3 Å². The van der Waals surface area contributed by atoms with Crippen molar-refractivity contribution >= 4 is 29.3 Å². The third-order valence-corrected chi connectivity index (χ3v) is 8.91. The minimum absolute atomic E-state index is 0.00200. The summed E-state index contributed by atoms with van der Waals surface area (Å²) in [5, 5.41) is 6.02. The predicted octanol–water partition coefficient (Wildman–Crippen LogP) is 4.23. The third kappa shape index (κ3) is 8.67. The molecule has 2 N–H and O–H groups in total. The van der Waals surface area contributed by atoms with Crippen LogP contribution in [0.3, 0.4) is 0 Å². The fraction of sp³-hybridized carbons (Fsp3) is 0.676. The Labute approximate surface area is 264 Å². The van der Waals surface area contributed by atoms with Gasteiger partial charge in [0.05, 0.1) is 12.1 Å². The van der Waals surface area contributed by atoms with Gasteiger partial charge < -0.3 is 20.4 Å². The van der Waals surface area contributed by atoms with Gasteiger partial charge in [-0.25, -0.2) is 0 Å². The molecule has 3 rings (SSSR count). The van der Waals surface area contributed by atoms with Gasteiger partial charge in [0.25, 0.3) is 0 Å². The number of amides is 4. The number of pyridine rings is 1. The Hall–Kier alpha value is -3.27. The normalized spacial score (nSPS) is 21.2. The van der Waals surface area contributed by atoms with Crippen LogP contribution >= 0.6 is 0 Å². The van der Waals surface area contributed by atoms with E-state index in [1.807, 2.05) is 40.7 Å². The molecule has 4 unspecified atom stereocenters. The number of piperidine rings is 1. The van der Waals surface area contributed by atoms with Gasteiger partial charge in [-0.3, -0.25) is 29.1 Å². The summed E-state index contributed by atoms with van der Waals surface area (Å²) < 4.78 is 0. The second kappa shape index (κ2) is 15.1. The maximum absolute atomic E-state index is 14.1. The molecule has 1 aromatic rings. The minimum Gasteiger partial charge on any atom is -0.342 e.